The fraction of sp³-hybridized carbons (Fsp3) is 0.438. The number of esters is 1. The van der Waals surface area contributed by atoms with E-state index in [-0.39, 0.29) is 12.6 Å². The van der Waals surface area contributed by atoms with Crippen molar-refractivity contribution in [3.8, 4) is 0 Å². The van der Waals surface area contributed by atoms with E-state index in [1.807, 2.05) is 44.4 Å². The van der Waals surface area contributed by atoms with Gasteiger partial charge in [-0.15, -0.1) is 0 Å². The Balaban J connectivity index is 2.21. The second-order valence-corrected chi connectivity index (χ2v) is 5.39. The lowest BCUT2D eigenvalue weighted by Gasteiger charge is -2.18. The molecule has 2 rings (SSSR count). The van der Waals surface area contributed by atoms with Gasteiger partial charge < -0.3 is 9.64 Å². The molecule has 0 heterocycles. The molecule has 1 saturated carbocycles. The maximum Gasteiger partial charge on any atom is 0.317 e. The van der Waals surface area contributed by atoms with Gasteiger partial charge in [0.1, 0.15) is 6.61 Å². The summed E-state index contributed by atoms with van der Waals surface area (Å²) in [6, 6.07) is 9.96. The number of ether oxygens (including phenoxy) is 1. The third-order valence-corrected chi connectivity index (χ3v) is 3.68. The van der Waals surface area contributed by atoms with E-state index in [4.69, 9.17) is 4.74 Å². The Bertz CT molecular complexity index is 455. The lowest BCUT2D eigenvalue weighted by Crippen LogP contribution is -2.29. The summed E-state index contributed by atoms with van der Waals surface area (Å²) in [6.07, 6.45) is 2.48. The molecule has 2 atom stereocenters. The predicted molar refractivity (Wildman–Crippen MR) is 75.9 cm³/mol. The Labute approximate surface area is 114 Å². The minimum Gasteiger partial charge on any atom is -0.461 e. The number of nitrogens with zero attached hydrogens (tertiary/aromatic N) is 1. The van der Waals surface area contributed by atoms with Crippen molar-refractivity contribution in [3.63, 3.8) is 0 Å². The van der Waals surface area contributed by atoms with Gasteiger partial charge in [-0.2, -0.15) is 0 Å². The van der Waals surface area contributed by atoms with Crippen LogP contribution < -0.4 is 0 Å². The molecule has 102 valence electrons. The van der Waals surface area contributed by atoms with E-state index in [0.717, 1.165) is 18.5 Å². The van der Waals surface area contributed by atoms with Crippen molar-refractivity contribution in [1.82, 2.24) is 4.90 Å². The Kier molecular flexibility index (Phi) is 4.05. The van der Waals surface area contributed by atoms with Gasteiger partial charge in [0.05, 0.1) is 5.41 Å². The second kappa shape index (κ2) is 5.57. The molecule has 0 saturated heterocycles. The van der Waals surface area contributed by atoms with Gasteiger partial charge in [-0.3, -0.25) is 4.79 Å². The van der Waals surface area contributed by atoms with Crippen LogP contribution in [0.5, 0.6) is 0 Å². The van der Waals surface area contributed by atoms with Crippen molar-refractivity contribution in [3.05, 3.63) is 48.6 Å². The third-order valence-electron chi connectivity index (χ3n) is 3.68. The lowest BCUT2D eigenvalue weighted by molar-refractivity contribution is -0.146. The number of hydrogen-bond acceptors (Lipinski definition) is 3. The first-order valence-corrected chi connectivity index (χ1v) is 6.59. The Morgan fingerprint density at radius 2 is 2.16 bits per heavy atom. The van der Waals surface area contributed by atoms with Crippen LogP contribution in [0, 0.1) is 5.92 Å². The quantitative estimate of drug-likeness (QED) is 0.579. The lowest BCUT2D eigenvalue weighted by atomic mass is 9.93. The summed E-state index contributed by atoms with van der Waals surface area (Å²) < 4.78 is 5.31. The zero-order valence-corrected chi connectivity index (χ0v) is 11.6. The Morgan fingerprint density at radius 3 is 2.74 bits per heavy atom. The van der Waals surface area contributed by atoms with Crippen molar-refractivity contribution in [1.29, 1.82) is 0 Å². The Morgan fingerprint density at radius 1 is 1.47 bits per heavy atom. The number of carbonyl (C=O) groups is 1. The summed E-state index contributed by atoms with van der Waals surface area (Å²) in [6.45, 7) is 4.77. The molecule has 19 heavy (non-hydrogen) atoms. The first-order valence-electron chi connectivity index (χ1n) is 6.59. The molecule has 2 unspecified atom stereocenters. The summed E-state index contributed by atoms with van der Waals surface area (Å²) in [5.41, 5.74) is 0.616. The third kappa shape index (κ3) is 2.71. The second-order valence-electron chi connectivity index (χ2n) is 5.39. The monoisotopic (exact) mass is 259 g/mol. The van der Waals surface area contributed by atoms with Crippen molar-refractivity contribution < 1.29 is 9.53 Å². The summed E-state index contributed by atoms with van der Waals surface area (Å²) in [7, 11) is 4.06. The minimum atomic E-state index is -0.450. The van der Waals surface area contributed by atoms with Gasteiger partial charge in [-0.25, -0.2) is 0 Å². The van der Waals surface area contributed by atoms with Crippen molar-refractivity contribution >= 4 is 5.97 Å². The molecule has 1 aromatic carbocycles. The largest absolute Gasteiger partial charge is 0.461 e. The van der Waals surface area contributed by atoms with Gasteiger partial charge in [0.25, 0.3) is 0 Å². The highest BCUT2D eigenvalue weighted by atomic mass is 16.5. The SMILES string of the molecule is C=CCOC(=O)C1(c2ccccc2)CC1CN(C)C. The van der Waals surface area contributed by atoms with E-state index in [9.17, 15) is 4.79 Å². The maximum absolute atomic E-state index is 12.4. The van der Waals surface area contributed by atoms with Crippen molar-refractivity contribution in [2.45, 2.75) is 11.8 Å². The summed E-state index contributed by atoms with van der Waals surface area (Å²) in [5.74, 6) is 0.215. The molecule has 3 nitrogen and oxygen atoms in total. The van der Waals surface area contributed by atoms with Crippen molar-refractivity contribution in [2.24, 2.45) is 5.92 Å². The van der Waals surface area contributed by atoms with E-state index >= 15 is 0 Å². The number of carbonyl (C=O) groups excluding carboxylic acids is 1. The average Bonchev–Trinajstić information content (AvgIpc) is 3.11. The van der Waals surface area contributed by atoms with E-state index in [1.54, 1.807) is 6.08 Å². The first kappa shape index (κ1) is 13.8. The molecule has 1 aromatic rings. The maximum atomic E-state index is 12.4. The van der Waals surface area contributed by atoms with Crippen LogP contribution >= 0.6 is 0 Å². The number of benzene rings is 1. The molecule has 1 aliphatic rings. The molecular weight excluding hydrogens is 238 g/mol. The molecule has 0 spiro atoms. The number of hydrogen-bond donors (Lipinski definition) is 0. The number of rotatable bonds is 6. The highest BCUT2D eigenvalue weighted by Gasteiger charge is 2.62. The van der Waals surface area contributed by atoms with Crippen LogP contribution in [-0.2, 0) is 14.9 Å². The normalized spacial score (nSPS) is 25.1. The summed E-state index contributed by atoms with van der Waals surface area (Å²) >= 11 is 0. The molecule has 0 radical (unpaired) electrons. The molecule has 0 aliphatic heterocycles. The van der Waals surface area contributed by atoms with Crippen molar-refractivity contribution in [2.75, 3.05) is 27.2 Å². The van der Waals surface area contributed by atoms with Gasteiger partial charge in [0.2, 0.25) is 0 Å². The molecule has 1 fully saturated rings. The van der Waals surface area contributed by atoms with E-state index in [1.165, 1.54) is 0 Å². The first-order chi connectivity index (χ1) is 9.11. The molecule has 1 aliphatic carbocycles. The molecule has 0 aromatic heterocycles. The van der Waals surface area contributed by atoms with Crippen LogP contribution in [0.15, 0.2) is 43.0 Å². The zero-order valence-electron chi connectivity index (χ0n) is 11.6. The molecule has 3 heteroatoms. The summed E-state index contributed by atoms with van der Waals surface area (Å²) in [5, 5.41) is 0. The van der Waals surface area contributed by atoms with E-state index < -0.39 is 5.41 Å². The van der Waals surface area contributed by atoms with Gasteiger partial charge in [-0.1, -0.05) is 43.0 Å². The molecule has 0 amide bonds. The van der Waals surface area contributed by atoms with Crippen LogP contribution in [0.1, 0.15) is 12.0 Å². The van der Waals surface area contributed by atoms with Gasteiger partial charge in [0, 0.05) is 6.54 Å². The van der Waals surface area contributed by atoms with Gasteiger partial charge in [-0.05, 0) is 32.0 Å². The topological polar surface area (TPSA) is 29.5 Å². The smallest absolute Gasteiger partial charge is 0.317 e. The van der Waals surface area contributed by atoms with Crippen LogP contribution in [0.4, 0.5) is 0 Å². The predicted octanol–water partition coefficient (Wildman–Crippen LogP) is 2.24. The minimum absolute atomic E-state index is 0.120. The highest BCUT2D eigenvalue weighted by Crippen LogP contribution is 2.55. The van der Waals surface area contributed by atoms with E-state index in [2.05, 4.69) is 11.5 Å². The molecule has 0 bridgehead atoms. The van der Waals surface area contributed by atoms with Crippen LogP contribution in [0.25, 0.3) is 0 Å². The van der Waals surface area contributed by atoms with Gasteiger partial charge in [0.15, 0.2) is 0 Å². The average molecular weight is 259 g/mol. The van der Waals surface area contributed by atoms with Crippen LogP contribution in [0.3, 0.4) is 0 Å². The van der Waals surface area contributed by atoms with Crippen LogP contribution in [-0.4, -0.2) is 38.1 Å². The fourth-order valence-corrected chi connectivity index (χ4v) is 2.71. The standard InChI is InChI=1S/C16H21NO2/c1-4-10-19-15(18)16(11-14(16)12-17(2)3)13-8-6-5-7-9-13/h4-9,14H,1,10-12H2,2-3H3. The molecule has 0 N–H and O–H groups in total. The summed E-state index contributed by atoms with van der Waals surface area (Å²) in [4.78, 5) is 14.5. The highest BCUT2D eigenvalue weighted by molar-refractivity contribution is 5.87. The van der Waals surface area contributed by atoms with E-state index in [0.29, 0.717) is 5.92 Å². The van der Waals surface area contributed by atoms with Crippen LogP contribution in [0.2, 0.25) is 0 Å². The molecular formula is C16H21NO2. The zero-order chi connectivity index (χ0) is 13.9. The fourth-order valence-electron chi connectivity index (χ4n) is 2.71. The van der Waals surface area contributed by atoms with Gasteiger partial charge >= 0.3 is 5.97 Å². The Hall–Kier alpha value is -1.61.